The fourth-order valence-electron chi connectivity index (χ4n) is 0.542. The second-order valence-electron chi connectivity index (χ2n) is 2.35. The van der Waals surface area contributed by atoms with Gasteiger partial charge in [0.05, 0.1) is 6.42 Å². The summed E-state index contributed by atoms with van der Waals surface area (Å²) in [6.07, 6.45) is -1.77. The number of halogens is 4. The number of hydrogen-bond donors (Lipinski definition) is 0. The van der Waals surface area contributed by atoms with Gasteiger partial charge in [0.1, 0.15) is 0 Å². The van der Waals surface area contributed by atoms with E-state index in [2.05, 4.69) is 6.58 Å². The van der Waals surface area contributed by atoms with E-state index < -0.39 is 24.7 Å². The maximum atomic E-state index is 12.3. The summed E-state index contributed by atoms with van der Waals surface area (Å²) >= 11 is 0. The van der Waals surface area contributed by atoms with Gasteiger partial charge in [0.15, 0.2) is 0 Å². The largest absolute Gasteiger partial charge is 0.271 e. The van der Waals surface area contributed by atoms with Crippen LogP contribution in [0.1, 0.15) is 19.8 Å². The van der Waals surface area contributed by atoms with Crippen LogP contribution in [0.4, 0.5) is 17.6 Å². The zero-order chi connectivity index (χ0) is 9.12. The molecule has 66 valence electrons. The van der Waals surface area contributed by atoms with Crippen LogP contribution in [0, 0.1) is 0 Å². The molecule has 11 heavy (non-hydrogen) atoms. The molecular weight excluding hydrogens is 160 g/mol. The van der Waals surface area contributed by atoms with E-state index in [1.807, 2.05) is 0 Å². The van der Waals surface area contributed by atoms with Crippen molar-refractivity contribution in [1.82, 2.24) is 0 Å². The molecule has 0 aromatic rings. The number of allylic oxidation sites excluding steroid dienone is 1. The third kappa shape index (κ3) is 4.01. The maximum Gasteiger partial charge on any atom is 0.271 e. The molecule has 0 heterocycles. The average molecular weight is 170 g/mol. The van der Waals surface area contributed by atoms with Crippen LogP contribution in [0.15, 0.2) is 12.7 Å². The van der Waals surface area contributed by atoms with Crippen LogP contribution in [-0.2, 0) is 0 Å². The quantitative estimate of drug-likeness (QED) is 0.448. The minimum atomic E-state index is -3.46. The van der Waals surface area contributed by atoms with Crippen molar-refractivity contribution >= 4 is 0 Å². The lowest BCUT2D eigenvalue weighted by Gasteiger charge is -2.18. The van der Waals surface area contributed by atoms with Gasteiger partial charge >= 0.3 is 0 Å². The van der Waals surface area contributed by atoms with Gasteiger partial charge in [-0.2, -0.15) is 0 Å². The zero-order valence-electron chi connectivity index (χ0n) is 6.21. The van der Waals surface area contributed by atoms with Gasteiger partial charge in [-0.05, 0) is 6.08 Å². The van der Waals surface area contributed by atoms with Gasteiger partial charge in [0.2, 0.25) is 0 Å². The third-order valence-corrected chi connectivity index (χ3v) is 1.31. The molecule has 0 atom stereocenters. The van der Waals surface area contributed by atoms with E-state index >= 15 is 0 Å². The molecule has 0 aromatic heterocycles. The zero-order valence-corrected chi connectivity index (χ0v) is 6.21. The van der Waals surface area contributed by atoms with Crippen molar-refractivity contribution in [2.75, 3.05) is 0 Å². The Morgan fingerprint density at radius 2 is 1.73 bits per heavy atom. The monoisotopic (exact) mass is 170 g/mol. The normalized spacial score (nSPS) is 13.2. The van der Waals surface area contributed by atoms with Crippen LogP contribution in [0.25, 0.3) is 0 Å². The van der Waals surface area contributed by atoms with Gasteiger partial charge in [-0.3, -0.25) is 0 Å². The first kappa shape index (κ1) is 10.5. The molecule has 0 aliphatic carbocycles. The molecule has 0 bridgehead atoms. The lowest BCUT2D eigenvalue weighted by atomic mass is 10.1. The molecule has 0 rings (SSSR count). The summed E-state index contributed by atoms with van der Waals surface area (Å²) in [5.74, 6) is -6.75. The first-order valence-electron chi connectivity index (χ1n) is 3.22. The molecule has 0 N–H and O–H groups in total. The molecule has 0 saturated carbocycles. The minimum absolute atomic E-state index is 0.247. The number of rotatable bonds is 4. The van der Waals surface area contributed by atoms with Crippen molar-refractivity contribution in [2.45, 2.75) is 31.6 Å². The van der Waals surface area contributed by atoms with Gasteiger partial charge in [0.25, 0.3) is 11.8 Å². The fraction of sp³-hybridized carbons (Fsp3) is 0.714. The molecule has 4 heteroatoms. The summed E-state index contributed by atoms with van der Waals surface area (Å²) in [5, 5.41) is 0. The smallest absolute Gasteiger partial charge is 0.207 e. The van der Waals surface area contributed by atoms with Crippen LogP contribution < -0.4 is 0 Å². The van der Waals surface area contributed by atoms with Crippen LogP contribution in [-0.4, -0.2) is 11.8 Å². The summed E-state index contributed by atoms with van der Waals surface area (Å²) in [5.41, 5.74) is 0. The molecular formula is C7H10F4. The van der Waals surface area contributed by atoms with Crippen molar-refractivity contribution in [3.05, 3.63) is 12.7 Å². The van der Waals surface area contributed by atoms with E-state index in [0.29, 0.717) is 0 Å². The highest BCUT2D eigenvalue weighted by molar-refractivity contribution is 4.90. The molecule has 0 aromatic carbocycles. The Balaban J connectivity index is 4.12. The Kier molecular flexibility index (Phi) is 3.08. The SMILES string of the molecule is C=CC(F)(F)CC(F)(F)CC. The molecule has 0 aliphatic heterocycles. The Morgan fingerprint density at radius 3 is 2.00 bits per heavy atom. The van der Waals surface area contributed by atoms with Crippen LogP contribution in [0.2, 0.25) is 0 Å². The highest BCUT2D eigenvalue weighted by Gasteiger charge is 2.39. The first-order valence-corrected chi connectivity index (χ1v) is 3.22. The molecule has 0 fully saturated rings. The van der Waals surface area contributed by atoms with Crippen LogP contribution in [0.5, 0.6) is 0 Å². The predicted molar refractivity (Wildman–Crippen MR) is 35.0 cm³/mol. The molecule has 0 saturated heterocycles. The Morgan fingerprint density at radius 1 is 1.27 bits per heavy atom. The van der Waals surface area contributed by atoms with Gasteiger partial charge in [0, 0.05) is 6.42 Å². The predicted octanol–water partition coefficient (Wildman–Crippen LogP) is 3.24. The van der Waals surface area contributed by atoms with Crippen molar-refractivity contribution in [2.24, 2.45) is 0 Å². The second kappa shape index (κ2) is 3.24. The number of alkyl halides is 4. The van der Waals surface area contributed by atoms with Crippen molar-refractivity contribution in [1.29, 1.82) is 0 Å². The summed E-state index contributed by atoms with van der Waals surface area (Å²) < 4.78 is 49.1. The van der Waals surface area contributed by atoms with E-state index in [9.17, 15) is 17.6 Å². The molecule has 0 spiro atoms. The topological polar surface area (TPSA) is 0 Å². The van der Waals surface area contributed by atoms with Gasteiger partial charge < -0.3 is 0 Å². The van der Waals surface area contributed by atoms with E-state index in [4.69, 9.17) is 0 Å². The van der Waals surface area contributed by atoms with Gasteiger partial charge in [-0.15, -0.1) is 0 Å². The molecule has 0 nitrogen and oxygen atoms in total. The summed E-state index contributed by atoms with van der Waals surface area (Å²) in [6, 6.07) is 0. The summed E-state index contributed by atoms with van der Waals surface area (Å²) in [4.78, 5) is 0. The maximum absolute atomic E-state index is 12.3. The van der Waals surface area contributed by atoms with E-state index in [1.165, 1.54) is 6.92 Å². The highest BCUT2D eigenvalue weighted by atomic mass is 19.3. The van der Waals surface area contributed by atoms with E-state index in [0.717, 1.165) is 0 Å². The third-order valence-electron chi connectivity index (χ3n) is 1.31. The Bertz CT molecular complexity index is 139. The summed E-state index contributed by atoms with van der Waals surface area (Å²) in [6.45, 7) is 3.93. The van der Waals surface area contributed by atoms with Crippen molar-refractivity contribution in [3.63, 3.8) is 0 Å². The molecule has 0 aliphatic rings. The lowest BCUT2D eigenvalue weighted by Crippen LogP contribution is -2.26. The summed E-state index contributed by atoms with van der Waals surface area (Å²) in [7, 11) is 0. The standard InChI is InChI=1S/C7H10F4/c1-3-6(8,9)5-7(10,11)4-2/h3H,1,4-5H2,2H3. The molecule has 0 radical (unpaired) electrons. The van der Waals surface area contributed by atoms with Crippen LogP contribution in [0.3, 0.4) is 0 Å². The highest BCUT2D eigenvalue weighted by Crippen LogP contribution is 2.33. The second-order valence-corrected chi connectivity index (χ2v) is 2.35. The van der Waals surface area contributed by atoms with Crippen LogP contribution >= 0.6 is 0 Å². The Labute approximate surface area is 62.9 Å². The fourth-order valence-corrected chi connectivity index (χ4v) is 0.542. The van der Waals surface area contributed by atoms with Crippen molar-refractivity contribution < 1.29 is 17.6 Å². The average Bonchev–Trinajstić information content (AvgIpc) is 1.86. The first-order chi connectivity index (χ1) is 4.83. The van der Waals surface area contributed by atoms with Gasteiger partial charge in [-0.1, -0.05) is 13.5 Å². The van der Waals surface area contributed by atoms with E-state index in [1.54, 1.807) is 0 Å². The minimum Gasteiger partial charge on any atom is -0.207 e. The molecule has 0 amide bonds. The molecule has 0 unspecified atom stereocenters. The van der Waals surface area contributed by atoms with Crippen molar-refractivity contribution in [3.8, 4) is 0 Å². The lowest BCUT2D eigenvalue weighted by molar-refractivity contribution is -0.0875. The Hall–Kier alpha value is -0.540. The van der Waals surface area contributed by atoms with Gasteiger partial charge in [-0.25, -0.2) is 17.6 Å². The number of hydrogen-bond acceptors (Lipinski definition) is 0. The van der Waals surface area contributed by atoms with E-state index in [-0.39, 0.29) is 6.08 Å².